The van der Waals surface area contributed by atoms with Crippen molar-refractivity contribution in [3.05, 3.63) is 29.7 Å². The Labute approximate surface area is 229 Å². The minimum atomic E-state index is -1.08. The van der Waals surface area contributed by atoms with Crippen molar-refractivity contribution < 1.29 is 23.8 Å². The Balaban J connectivity index is 1.33. The first-order valence-electron chi connectivity index (χ1n) is 14.1. The van der Waals surface area contributed by atoms with E-state index in [-0.39, 0.29) is 19.1 Å². The molecule has 11 nitrogen and oxygen atoms in total. The maximum Gasteiger partial charge on any atom is 0.410 e. The van der Waals surface area contributed by atoms with E-state index >= 15 is 0 Å². The van der Waals surface area contributed by atoms with Crippen molar-refractivity contribution >= 4 is 17.6 Å². The number of nitrogens with one attached hydrogen (secondary N) is 1. The molecule has 3 heterocycles. The molecular weight excluding hydrogens is 500 g/mol. The maximum absolute atomic E-state index is 13.0. The minimum Gasteiger partial charge on any atom is -0.443 e. The summed E-state index contributed by atoms with van der Waals surface area (Å²) < 4.78 is 19.1. The summed E-state index contributed by atoms with van der Waals surface area (Å²) in [6.45, 7) is 11.0. The van der Waals surface area contributed by atoms with Crippen molar-refractivity contribution in [1.82, 2.24) is 24.8 Å². The molecule has 1 saturated heterocycles. The molecule has 3 aliphatic carbocycles. The van der Waals surface area contributed by atoms with Gasteiger partial charge < -0.3 is 30.2 Å². The highest BCUT2D eigenvalue weighted by atomic mass is 16.6. The Morgan fingerprint density at radius 2 is 2.00 bits per heavy atom. The van der Waals surface area contributed by atoms with Crippen LogP contribution in [0, 0.1) is 23.2 Å². The van der Waals surface area contributed by atoms with E-state index in [0.29, 0.717) is 67.3 Å². The molecule has 1 aliphatic heterocycles. The van der Waals surface area contributed by atoms with Gasteiger partial charge in [-0.05, 0) is 68.4 Å². The topological polar surface area (TPSA) is 133 Å². The number of ether oxygens (including phenoxy) is 3. The molecule has 39 heavy (non-hydrogen) atoms. The SMILES string of the molecule is CC(C)(N)C(=O)N[C@H](COC[C@H]1CC[C@H]2C[C@@H]1C2(C)C)c1nnc2cccc(COC(=O)N3CCOCC3)n12. The second-order valence-corrected chi connectivity index (χ2v) is 12.4. The predicted octanol–water partition coefficient (Wildman–Crippen LogP) is 2.68. The molecule has 3 N–H and O–H groups in total. The molecule has 3 saturated carbocycles. The molecule has 4 atom stereocenters. The fraction of sp³-hybridized carbons (Fsp3) is 0.714. The molecule has 2 amide bonds. The van der Waals surface area contributed by atoms with Gasteiger partial charge in [0.1, 0.15) is 12.6 Å². The van der Waals surface area contributed by atoms with Crippen molar-refractivity contribution in [2.75, 3.05) is 39.5 Å². The summed E-state index contributed by atoms with van der Waals surface area (Å²) in [7, 11) is 0. The summed E-state index contributed by atoms with van der Waals surface area (Å²) in [4.78, 5) is 27.2. The van der Waals surface area contributed by atoms with Crippen LogP contribution in [0.2, 0.25) is 0 Å². The monoisotopic (exact) mass is 542 g/mol. The Kier molecular flexibility index (Phi) is 7.85. The second-order valence-electron chi connectivity index (χ2n) is 12.4. The van der Waals surface area contributed by atoms with Crippen molar-refractivity contribution in [2.45, 2.75) is 65.1 Å². The number of nitrogens with zero attached hydrogens (tertiary/aromatic N) is 4. The first-order chi connectivity index (χ1) is 18.6. The fourth-order valence-electron chi connectivity index (χ4n) is 6.37. The van der Waals surface area contributed by atoms with E-state index in [0.717, 1.165) is 5.92 Å². The molecule has 2 aromatic heterocycles. The zero-order chi connectivity index (χ0) is 27.8. The molecule has 0 aromatic carbocycles. The number of hydrogen-bond donors (Lipinski definition) is 2. The maximum atomic E-state index is 13.0. The van der Waals surface area contributed by atoms with Gasteiger partial charge in [-0.1, -0.05) is 19.9 Å². The number of aromatic nitrogens is 3. The van der Waals surface area contributed by atoms with Gasteiger partial charge in [-0.25, -0.2) is 4.79 Å². The summed E-state index contributed by atoms with van der Waals surface area (Å²) in [5.74, 6) is 2.21. The first-order valence-corrected chi connectivity index (χ1v) is 14.1. The van der Waals surface area contributed by atoms with Gasteiger partial charge in [0, 0.05) is 19.7 Å². The molecule has 2 bridgehead atoms. The lowest BCUT2D eigenvalue weighted by Crippen LogP contribution is -2.53. The van der Waals surface area contributed by atoms with Crippen LogP contribution in [0.1, 0.15) is 64.5 Å². The largest absolute Gasteiger partial charge is 0.443 e. The van der Waals surface area contributed by atoms with Crippen molar-refractivity contribution in [1.29, 1.82) is 0 Å². The zero-order valence-corrected chi connectivity index (χ0v) is 23.5. The third-order valence-electron chi connectivity index (χ3n) is 8.97. The third-order valence-corrected chi connectivity index (χ3v) is 8.97. The third kappa shape index (κ3) is 5.76. The van der Waals surface area contributed by atoms with Crippen LogP contribution in [-0.2, 0) is 25.6 Å². The van der Waals surface area contributed by atoms with Crippen LogP contribution < -0.4 is 11.1 Å². The van der Waals surface area contributed by atoms with E-state index in [4.69, 9.17) is 19.9 Å². The molecule has 2 aromatic rings. The van der Waals surface area contributed by atoms with Crippen LogP contribution in [0.25, 0.3) is 5.65 Å². The molecular formula is C28H42N6O5. The van der Waals surface area contributed by atoms with Gasteiger partial charge in [0.05, 0.1) is 31.1 Å². The fourth-order valence-corrected chi connectivity index (χ4v) is 6.37. The van der Waals surface area contributed by atoms with E-state index in [1.54, 1.807) is 18.7 Å². The highest BCUT2D eigenvalue weighted by Gasteiger charge is 2.54. The summed E-state index contributed by atoms with van der Waals surface area (Å²) in [6.07, 6.45) is 3.32. The number of rotatable bonds is 9. The average molecular weight is 543 g/mol. The van der Waals surface area contributed by atoms with Gasteiger partial charge in [0.2, 0.25) is 5.91 Å². The Hall–Kier alpha value is -2.76. The Morgan fingerprint density at radius 1 is 1.23 bits per heavy atom. The lowest BCUT2D eigenvalue weighted by Gasteiger charge is -2.60. The first kappa shape index (κ1) is 27.8. The molecule has 4 aliphatic rings. The van der Waals surface area contributed by atoms with Gasteiger partial charge in [0.15, 0.2) is 11.5 Å². The van der Waals surface area contributed by atoms with Gasteiger partial charge >= 0.3 is 6.09 Å². The van der Waals surface area contributed by atoms with E-state index in [9.17, 15) is 9.59 Å². The van der Waals surface area contributed by atoms with Crippen LogP contribution in [0.4, 0.5) is 4.79 Å². The summed E-state index contributed by atoms with van der Waals surface area (Å²) in [6, 6.07) is 4.94. The van der Waals surface area contributed by atoms with Gasteiger partial charge in [-0.15, -0.1) is 10.2 Å². The number of hydrogen-bond acceptors (Lipinski definition) is 8. The number of carbonyl (C=O) groups excluding carboxylic acids is 2. The molecule has 0 unspecified atom stereocenters. The van der Waals surface area contributed by atoms with Crippen molar-refractivity contribution in [3.63, 3.8) is 0 Å². The van der Waals surface area contributed by atoms with Crippen LogP contribution in [0.15, 0.2) is 18.2 Å². The van der Waals surface area contributed by atoms with Crippen molar-refractivity contribution in [2.24, 2.45) is 28.9 Å². The molecule has 0 spiro atoms. The highest BCUT2D eigenvalue weighted by Crippen LogP contribution is 2.61. The Bertz CT molecular complexity index is 1180. The van der Waals surface area contributed by atoms with Crippen LogP contribution in [0.5, 0.6) is 0 Å². The number of fused-ring (bicyclic) bond motifs is 3. The lowest BCUT2D eigenvalue weighted by atomic mass is 9.46. The van der Waals surface area contributed by atoms with E-state index in [2.05, 4.69) is 29.4 Å². The number of amides is 2. The average Bonchev–Trinajstić information content (AvgIpc) is 3.36. The molecule has 4 fully saturated rings. The van der Waals surface area contributed by atoms with E-state index in [1.807, 2.05) is 22.6 Å². The molecule has 6 rings (SSSR count). The lowest BCUT2D eigenvalue weighted by molar-refractivity contribution is -0.129. The van der Waals surface area contributed by atoms with Gasteiger partial charge in [-0.2, -0.15) is 0 Å². The van der Waals surface area contributed by atoms with Gasteiger partial charge in [0.25, 0.3) is 0 Å². The molecule has 214 valence electrons. The van der Waals surface area contributed by atoms with E-state index in [1.165, 1.54) is 19.3 Å². The van der Waals surface area contributed by atoms with Crippen molar-refractivity contribution in [3.8, 4) is 0 Å². The number of morpholine rings is 1. The summed E-state index contributed by atoms with van der Waals surface area (Å²) in [5, 5.41) is 11.8. The zero-order valence-electron chi connectivity index (χ0n) is 23.5. The summed E-state index contributed by atoms with van der Waals surface area (Å²) >= 11 is 0. The van der Waals surface area contributed by atoms with E-state index < -0.39 is 17.7 Å². The van der Waals surface area contributed by atoms with Crippen LogP contribution >= 0.6 is 0 Å². The normalized spacial score (nSPS) is 25.2. The standard InChI is InChI=1S/C28H42N6O5/c1-27(2)19-9-8-18(21(27)14-19)15-38-17-22(30-25(35)28(3,4)29)24-32-31-23-7-5-6-20(34(23)24)16-39-26(36)33-10-12-37-13-11-33/h5-7,18-19,21-22H,8-17,29H2,1-4H3,(H,30,35)/t18-,19+,21+,22-/m1/s1. The number of pyridine rings is 1. The number of nitrogens with two attached hydrogens (primary N) is 1. The quantitative estimate of drug-likeness (QED) is 0.494. The smallest absolute Gasteiger partial charge is 0.410 e. The number of carbonyl (C=O) groups is 2. The predicted molar refractivity (Wildman–Crippen MR) is 144 cm³/mol. The molecule has 11 heteroatoms. The highest BCUT2D eigenvalue weighted by molar-refractivity contribution is 5.85. The van der Waals surface area contributed by atoms with Gasteiger partial charge in [-0.3, -0.25) is 9.20 Å². The second kappa shape index (κ2) is 11.0. The minimum absolute atomic E-state index is 0.0302. The van der Waals surface area contributed by atoms with Crippen LogP contribution in [-0.4, -0.2) is 76.6 Å². The Morgan fingerprint density at radius 3 is 2.69 bits per heavy atom. The van der Waals surface area contributed by atoms with Crippen LogP contribution in [0.3, 0.4) is 0 Å². The molecule has 0 radical (unpaired) electrons. The summed E-state index contributed by atoms with van der Waals surface area (Å²) in [5.41, 5.74) is 6.68.